The molecule has 1 aliphatic carbocycles. The van der Waals surface area contributed by atoms with E-state index in [9.17, 15) is 18.0 Å². The van der Waals surface area contributed by atoms with Crippen LogP contribution < -0.4 is 0 Å². The van der Waals surface area contributed by atoms with Gasteiger partial charge in [-0.3, -0.25) is 4.79 Å². The zero-order valence-electron chi connectivity index (χ0n) is 11.2. The fraction of sp³-hybridized carbons (Fsp3) is 0.429. The van der Waals surface area contributed by atoms with Crippen molar-refractivity contribution < 1.29 is 22.7 Å². The van der Waals surface area contributed by atoms with Crippen molar-refractivity contribution in [1.82, 2.24) is 0 Å². The lowest BCUT2D eigenvalue weighted by Gasteiger charge is -2.20. The molecule has 108 valence electrons. The number of sulfone groups is 1. The van der Waals surface area contributed by atoms with E-state index in [-0.39, 0.29) is 16.2 Å². The van der Waals surface area contributed by atoms with E-state index in [0.29, 0.717) is 12.8 Å². The molecule has 0 aromatic heterocycles. The van der Waals surface area contributed by atoms with Crippen molar-refractivity contribution in [2.24, 2.45) is 0 Å². The van der Waals surface area contributed by atoms with Gasteiger partial charge in [0.15, 0.2) is 21.7 Å². The van der Waals surface area contributed by atoms with Gasteiger partial charge >= 0.3 is 5.97 Å². The number of carbonyl (C=O) groups is 2. The highest BCUT2D eigenvalue weighted by molar-refractivity contribution is 7.90. The van der Waals surface area contributed by atoms with E-state index in [4.69, 9.17) is 4.74 Å². The third kappa shape index (κ3) is 3.45. The van der Waals surface area contributed by atoms with Crippen LogP contribution >= 0.6 is 0 Å². The van der Waals surface area contributed by atoms with Gasteiger partial charge in [-0.2, -0.15) is 0 Å². The lowest BCUT2D eigenvalue weighted by Crippen LogP contribution is -2.30. The predicted molar refractivity (Wildman–Crippen MR) is 72.2 cm³/mol. The van der Waals surface area contributed by atoms with E-state index in [2.05, 4.69) is 0 Å². The summed E-state index contributed by atoms with van der Waals surface area (Å²) in [5, 5.41) is 0. The Balaban J connectivity index is 2.08. The van der Waals surface area contributed by atoms with Crippen molar-refractivity contribution in [1.29, 1.82) is 0 Å². The number of esters is 1. The summed E-state index contributed by atoms with van der Waals surface area (Å²) in [6.07, 6.45) is 3.16. The van der Waals surface area contributed by atoms with Gasteiger partial charge in [-0.25, -0.2) is 13.2 Å². The van der Waals surface area contributed by atoms with Crippen molar-refractivity contribution in [2.75, 3.05) is 6.26 Å². The summed E-state index contributed by atoms with van der Waals surface area (Å²) in [6.45, 7) is 0. The first kappa shape index (κ1) is 14.7. The summed E-state index contributed by atoms with van der Waals surface area (Å²) in [5.74, 6) is -0.636. The SMILES string of the molecule is CS(=O)(=O)c1ccc(C(=O)O[C@@H]2CCCCC2=O)cc1. The van der Waals surface area contributed by atoms with Gasteiger partial charge in [-0.15, -0.1) is 0 Å². The van der Waals surface area contributed by atoms with Crippen LogP contribution in [0.5, 0.6) is 0 Å². The molecule has 0 N–H and O–H groups in total. The predicted octanol–water partition coefficient (Wildman–Crippen LogP) is 1.76. The monoisotopic (exact) mass is 296 g/mol. The third-order valence-corrected chi connectivity index (χ3v) is 4.39. The zero-order chi connectivity index (χ0) is 14.8. The van der Waals surface area contributed by atoms with Gasteiger partial charge in [0, 0.05) is 12.7 Å². The van der Waals surface area contributed by atoms with E-state index >= 15 is 0 Å². The Morgan fingerprint density at radius 1 is 1.20 bits per heavy atom. The summed E-state index contributed by atoms with van der Waals surface area (Å²) >= 11 is 0. The average molecular weight is 296 g/mol. The van der Waals surface area contributed by atoms with Crippen molar-refractivity contribution in [3.05, 3.63) is 29.8 Å². The van der Waals surface area contributed by atoms with Gasteiger partial charge in [0.2, 0.25) is 0 Å². The van der Waals surface area contributed by atoms with Crippen LogP contribution in [0, 0.1) is 0 Å². The van der Waals surface area contributed by atoms with Crippen LogP contribution in [0.1, 0.15) is 36.0 Å². The average Bonchev–Trinajstić information content (AvgIpc) is 2.40. The maximum Gasteiger partial charge on any atom is 0.338 e. The first-order chi connectivity index (χ1) is 9.38. The second-order valence-electron chi connectivity index (χ2n) is 4.90. The number of Topliss-reactive ketones (excluding diaryl/α,β-unsaturated/α-hetero) is 1. The minimum atomic E-state index is -3.29. The Morgan fingerprint density at radius 2 is 1.85 bits per heavy atom. The lowest BCUT2D eigenvalue weighted by molar-refractivity contribution is -0.129. The van der Waals surface area contributed by atoms with Crippen LogP contribution in [-0.2, 0) is 19.4 Å². The molecule has 0 bridgehead atoms. The normalized spacial score (nSPS) is 19.6. The molecule has 2 rings (SSSR count). The minimum Gasteiger partial charge on any atom is -0.451 e. The first-order valence-electron chi connectivity index (χ1n) is 6.42. The molecular formula is C14H16O5S. The van der Waals surface area contributed by atoms with Crippen LogP contribution in [0.25, 0.3) is 0 Å². The number of ketones is 1. The molecule has 5 nitrogen and oxygen atoms in total. The number of carbonyl (C=O) groups excluding carboxylic acids is 2. The maximum absolute atomic E-state index is 11.9. The summed E-state index contributed by atoms with van der Waals surface area (Å²) in [5.41, 5.74) is 0.246. The summed E-state index contributed by atoms with van der Waals surface area (Å²) in [6, 6.07) is 5.50. The highest BCUT2D eigenvalue weighted by atomic mass is 32.2. The molecule has 1 fully saturated rings. The molecule has 1 saturated carbocycles. The fourth-order valence-corrected chi connectivity index (χ4v) is 2.74. The number of hydrogen-bond donors (Lipinski definition) is 0. The zero-order valence-corrected chi connectivity index (χ0v) is 12.0. The Labute approximate surface area is 117 Å². The number of hydrogen-bond acceptors (Lipinski definition) is 5. The second-order valence-corrected chi connectivity index (χ2v) is 6.92. The number of benzene rings is 1. The summed E-state index contributed by atoms with van der Waals surface area (Å²) < 4.78 is 27.8. The molecule has 0 aliphatic heterocycles. The summed E-state index contributed by atoms with van der Waals surface area (Å²) in [4.78, 5) is 23.6. The van der Waals surface area contributed by atoms with Gasteiger partial charge in [-0.1, -0.05) is 0 Å². The number of rotatable bonds is 3. The van der Waals surface area contributed by atoms with Crippen molar-refractivity contribution >= 4 is 21.6 Å². The van der Waals surface area contributed by atoms with Crippen molar-refractivity contribution in [3.63, 3.8) is 0 Å². The smallest absolute Gasteiger partial charge is 0.338 e. The van der Waals surface area contributed by atoms with Crippen molar-refractivity contribution in [3.8, 4) is 0 Å². The van der Waals surface area contributed by atoms with Gasteiger partial charge in [0.1, 0.15) is 0 Å². The van der Waals surface area contributed by atoms with E-state index in [1.165, 1.54) is 24.3 Å². The highest BCUT2D eigenvalue weighted by Crippen LogP contribution is 2.19. The molecule has 0 heterocycles. The number of ether oxygens (including phenoxy) is 1. The lowest BCUT2D eigenvalue weighted by atomic mass is 9.96. The second kappa shape index (κ2) is 5.75. The minimum absolute atomic E-state index is 0.0441. The van der Waals surface area contributed by atoms with Crippen LogP contribution in [0.2, 0.25) is 0 Å². The molecule has 0 saturated heterocycles. The fourth-order valence-electron chi connectivity index (χ4n) is 2.11. The topological polar surface area (TPSA) is 77.5 Å². The molecule has 1 aromatic carbocycles. The van der Waals surface area contributed by atoms with Gasteiger partial charge in [0.05, 0.1) is 10.5 Å². The van der Waals surface area contributed by atoms with Crippen LogP contribution in [0.15, 0.2) is 29.2 Å². The third-order valence-electron chi connectivity index (χ3n) is 3.27. The largest absolute Gasteiger partial charge is 0.451 e. The van der Waals surface area contributed by atoms with E-state index < -0.39 is 21.9 Å². The van der Waals surface area contributed by atoms with Crippen LogP contribution in [0.3, 0.4) is 0 Å². The van der Waals surface area contributed by atoms with Gasteiger partial charge in [0.25, 0.3) is 0 Å². The van der Waals surface area contributed by atoms with Gasteiger partial charge in [-0.05, 0) is 43.5 Å². The van der Waals surface area contributed by atoms with Crippen molar-refractivity contribution in [2.45, 2.75) is 36.7 Å². The van der Waals surface area contributed by atoms with E-state index in [0.717, 1.165) is 19.1 Å². The van der Waals surface area contributed by atoms with Crippen LogP contribution in [-0.4, -0.2) is 32.5 Å². The van der Waals surface area contributed by atoms with E-state index in [1.807, 2.05) is 0 Å². The van der Waals surface area contributed by atoms with Crippen LogP contribution in [0.4, 0.5) is 0 Å². The molecule has 1 aromatic rings. The summed E-state index contributed by atoms with van der Waals surface area (Å²) in [7, 11) is -3.29. The molecule has 0 amide bonds. The molecule has 0 spiro atoms. The maximum atomic E-state index is 11.9. The highest BCUT2D eigenvalue weighted by Gasteiger charge is 2.26. The standard InChI is InChI=1S/C14H16O5S/c1-20(17,18)11-8-6-10(7-9-11)14(16)19-13-5-3-2-4-12(13)15/h6-9,13H,2-5H2,1H3/t13-/m1/s1. The molecule has 0 unspecified atom stereocenters. The molecule has 0 radical (unpaired) electrons. The Kier molecular flexibility index (Phi) is 4.23. The molecule has 1 aliphatic rings. The quantitative estimate of drug-likeness (QED) is 0.794. The Morgan fingerprint density at radius 3 is 2.40 bits per heavy atom. The first-order valence-corrected chi connectivity index (χ1v) is 8.31. The molecule has 20 heavy (non-hydrogen) atoms. The molecule has 1 atom stereocenters. The Hall–Kier alpha value is -1.69. The Bertz CT molecular complexity index is 615. The van der Waals surface area contributed by atoms with E-state index in [1.54, 1.807) is 0 Å². The molecule has 6 heteroatoms. The van der Waals surface area contributed by atoms with Gasteiger partial charge < -0.3 is 4.74 Å². The molecular weight excluding hydrogens is 280 g/mol.